The number of hydrogen-bond donors (Lipinski definition) is 1. The second-order valence-corrected chi connectivity index (χ2v) is 5.28. The van der Waals surface area contributed by atoms with Gasteiger partial charge in [0.1, 0.15) is 5.75 Å². The van der Waals surface area contributed by atoms with Crippen LogP contribution in [0.3, 0.4) is 0 Å². The van der Waals surface area contributed by atoms with Crippen molar-refractivity contribution in [2.75, 3.05) is 5.73 Å². The lowest BCUT2D eigenvalue weighted by Crippen LogP contribution is -2.04. The molecule has 0 bridgehead atoms. The van der Waals surface area contributed by atoms with Crippen LogP contribution in [-0.2, 0) is 0 Å². The summed E-state index contributed by atoms with van der Waals surface area (Å²) in [6, 6.07) is 5.32. The highest BCUT2D eigenvalue weighted by molar-refractivity contribution is 5.68. The zero-order valence-corrected chi connectivity index (χ0v) is 11.5. The van der Waals surface area contributed by atoms with Crippen LogP contribution in [0, 0.1) is 0 Å². The monoisotopic (exact) mass is 293 g/mol. The van der Waals surface area contributed by atoms with Crippen LogP contribution in [-0.4, -0.2) is 16.4 Å². The van der Waals surface area contributed by atoms with E-state index in [0.717, 1.165) is 24.0 Å². The molecule has 1 aliphatic carbocycles. The van der Waals surface area contributed by atoms with Gasteiger partial charge in [-0.15, -0.1) is 0 Å². The van der Waals surface area contributed by atoms with Crippen molar-refractivity contribution in [1.29, 1.82) is 0 Å². The van der Waals surface area contributed by atoms with Crippen molar-refractivity contribution < 1.29 is 13.5 Å². The van der Waals surface area contributed by atoms with Gasteiger partial charge in [-0.2, -0.15) is 13.9 Å². The van der Waals surface area contributed by atoms with Crippen LogP contribution in [0.2, 0.25) is 0 Å². The fraction of sp³-hybridized carbons (Fsp3) is 0.400. The van der Waals surface area contributed by atoms with Crippen LogP contribution >= 0.6 is 0 Å². The molecule has 0 radical (unpaired) electrons. The van der Waals surface area contributed by atoms with Gasteiger partial charge >= 0.3 is 6.61 Å². The zero-order valence-electron chi connectivity index (χ0n) is 11.5. The lowest BCUT2D eigenvalue weighted by molar-refractivity contribution is -0.0492. The minimum absolute atomic E-state index is 0.00360. The molecule has 1 aromatic carbocycles. The number of anilines is 1. The summed E-state index contributed by atoms with van der Waals surface area (Å²) >= 11 is 0. The molecule has 0 amide bonds. The Kier molecular flexibility index (Phi) is 3.77. The molecule has 0 atom stereocenters. The van der Waals surface area contributed by atoms with Gasteiger partial charge < -0.3 is 10.5 Å². The molecule has 2 N–H and O–H groups in total. The van der Waals surface area contributed by atoms with Crippen molar-refractivity contribution in [3.8, 4) is 16.9 Å². The minimum Gasteiger partial charge on any atom is -0.433 e. The van der Waals surface area contributed by atoms with Crippen molar-refractivity contribution in [2.24, 2.45) is 0 Å². The maximum atomic E-state index is 12.3. The van der Waals surface area contributed by atoms with Gasteiger partial charge in [0, 0.05) is 11.8 Å². The third-order valence-corrected chi connectivity index (χ3v) is 3.86. The summed E-state index contributed by atoms with van der Waals surface area (Å²) in [4.78, 5) is 0. The number of alkyl halides is 2. The number of halogens is 2. The van der Waals surface area contributed by atoms with E-state index in [1.54, 1.807) is 18.3 Å². The molecular formula is C15H17F2N3O. The number of nitrogens with two attached hydrogens (primary N) is 1. The van der Waals surface area contributed by atoms with E-state index < -0.39 is 6.61 Å². The van der Waals surface area contributed by atoms with Crippen molar-refractivity contribution in [1.82, 2.24) is 9.78 Å². The number of benzene rings is 1. The van der Waals surface area contributed by atoms with Crippen molar-refractivity contribution in [2.45, 2.75) is 38.3 Å². The Labute approximate surface area is 121 Å². The first kappa shape index (κ1) is 13.9. The number of hydrogen-bond acceptors (Lipinski definition) is 3. The van der Waals surface area contributed by atoms with Crippen molar-refractivity contribution >= 4 is 5.69 Å². The number of rotatable bonds is 4. The molecule has 4 nitrogen and oxygen atoms in total. The molecule has 1 heterocycles. The third kappa shape index (κ3) is 2.99. The van der Waals surface area contributed by atoms with Gasteiger partial charge in [-0.05, 0) is 30.5 Å². The molecule has 1 aliphatic rings. The summed E-state index contributed by atoms with van der Waals surface area (Å²) in [5.74, 6) is -0.00360. The Morgan fingerprint density at radius 1 is 1.24 bits per heavy atom. The van der Waals surface area contributed by atoms with Gasteiger partial charge in [-0.3, -0.25) is 4.68 Å². The molecule has 21 heavy (non-hydrogen) atoms. The van der Waals surface area contributed by atoms with Crippen molar-refractivity contribution in [3.63, 3.8) is 0 Å². The molecule has 1 aromatic heterocycles. The molecule has 0 saturated heterocycles. The number of ether oxygens (including phenoxy) is 1. The summed E-state index contributed by atoms with van der Waals surface area (Å²) in [7, 11) is 0. The maximum absolute atomic E-state index is 12.3. The first-order valence-electron chi connectivity index (χ1n) is 7.02. The number of nitrogen functional groups attached to an aromatic ring is 1. The molecule has 0 aliphatic heterocycles. The van der Waals surface area contributed by atoms with E-state index in [1.165, 1.54) is 18.9 Å². The highest BCUT2D eigenvalue weighted by Crippen LogP contribution is 2.33. The maximum Gasteiger partial charge on any atom is 0.387 e. The van der Waals surface area contributed by atoms with Gasteiger partial charge in [0.15, 0.2) is 0 Å². The van der Waals surface area contributed by atoms with Crippen LogP contribution in [0.1, 0.15) is 31.7 Å². The Morgan fingerprint density at radius 2 is 2.00 bits per heavy atom. The van der Waals surface area contributed by atoms with E-state index >= 15 is 0 Å². The van der Waals surface area contributed by atoms with E-state index in [4.69, 9.17) is 5.73 Å². The molecular weight excluding hydrogens is 276 g/mol. The van der Waals surface area contributed by atoms with E-state index in [0.29, 0.717) is 6.04 Å². The first-order chi connectivity index (χ1) is 10.1. The summed E-state index contributed by atoms with van der Waals surface area (Å²) in [5.41, 5.74) is 7.48. The third-order valence-electron chi connectivity index (χ3n) is 3.86. The first-order valence-corrected chi connectivity index (χ1v) is 7.02. The van der Waals surface area contributed by atoms with E-state index in [2.05, 4.69) is 9.84 Å². The van der Waals surface area contributed by atoms with Gasteiger partial charge in [0.25, 0.3) is 0 Å². The lowest BCUT2D eigenvalue weighted by atomic mass is 10.1. The topological polar surface area (TPSA) is 53.1 Å². The lowest BCUT2D eigenvalue weighted by Gasteiger charge is -2.10. The standard InChI is InChI=1S/C15H17F2N3O/c16-15(17)21-14-7-10(5-6-13(14)18)11-8-19-20(9-11)12-3-1-2-4-12/h5-9,12,15H,1-4,18H2. The Bertz CT molecular complexity index is 621. The smallest absolute Gasteiger partial charge is 0.387 e. The van der Waals surface area contributed by atoms with Crippen molar-refractivity contribution in [3.05, 3.63) is 30.6 Å². The molecule has 112 valence electrons. The SMILES string of the molecule is Nc1ccc(-c2cnn(C3CCCC3)c2)cc1OC(F)F. The molecule has 1 saturated carbocycles. The largest absolute Gasteiger partial charge is 0.433 e. The summed E-state index contributed by atoms with van der Waals surface area (Å²) in [5, 5.41) is 4.38. The molecule has 0 unspecified atom stereocenters. The predicted molar refractivity (Wildman–Crippen MR) is 76.2 cm³/mol. The average Bonchev–Trinajstić information content (AvgIpc) is 3.10. The highest BCUT2D eigenvalue weighted by Gasteiger charge is 2.18. The Morgan fingerprint density at radius 3 is 2.71 bits per heavy atom. The van der Waals surface area contributed by atoms with Gasteiger partial charge in [0.2, 0.25) is 0 Å². The quantitative estimate of drug-likeness (QED) is 0.871. The molecule has 3 rings (SSSR count). The molecule has 1 fully saturated rings. The second kappa shape index (κ2) is 5.71. The van der Waals surface area contributed by atoms with E-state index in [1.807, 2.05) is 10.9 Å². The molecule has 0 spiro atoms. The minimum atomic E-state index is -2.89. The molecule has 2 aromatic rings. The average molecular weight is 293 g/mol. The predicted octanol–water partition coefficient (Wildman–Crippen LogP) is 3.85. The Hall–Kier alpha value is -2.11. The fourth-order valence-electron chi connectivity index (χ4n) is 2.77. The van der Waals surface area contributed by atoms with Crippen LogP contribution in [0.25, 0.3) is 11.1 Å². The zero-order chi connectivity index (χ0) is 14.8. The number of aromatic nitrogens is 2. The fourth-order valence-corrected chi connectivity index (χ4v) is 2.77. The number of nitrogens with zero attached hydrogens (tertiary/aromatic N) is 2. The van der Waals surface area contributed by atoms with Gasteiger partial charge in [-0.25, -0.2) is 0 Å². The summed E-state index contributed by atoms with van der Waals surface area (Å²) in [6.45, 7) is -2.89. The van der Waals surface area contributed by atoms with Gasteiger partial charge in [0.05, 0.1) is 17.9 Å². The van der Waals surface area contributed by atoms with Crippen LogP contribution in [0.5, 0.6) is 5.75 Å². The highest BCUT2D eigenvalue weighted by atomic mass is 19.3. The summed E-state index contributed by atoms with van der Waals surface area (Å²) < 4.78 is 31.1. The van der Waals surface area contributed by atoms with E-state index in [9.17, 15) is 8.78 Å². The Balaban J connectivity index is 1.86. The van der Waals surface area contributed by atoms with Gasteiger partial charge in [-0.1, -0.05) is 18.9 Å². The summed E-state index contributed by atoms with van der Waals surface area (Å²) in [6.07, 6.45) is 8.44. The van der Waals surface area contributed by atoms with Crippen LogP contribution in [0.15, 0.2) is 30.6 Å². The van der Waals surface area contributed by atoms with Crippen LogP contribution < -0.4 is 10.5 Å². The molecule has 6 heteroatoms. The normalized spacial score (nSPS) is 15.8. The van der Waals surface area contributed by atoms with Crippen LogP contribution in [0.4, 0.5) is 14.5 Å². The van der Waals surface area contributed by atoms with E-state index in [-0.39, 0.29) is 11.4 Å². The second-order valence-electron chi connectivity index (χ2n) is 5.28.